The predicted molar refractivity (Wildman–Crippen MR) is 131 cm³/mol. The number of hydrogen-bond donors (Lipinski definition) is 1. The molecule has 34 heavy (non-hydrogen) atoms. The summed E-state index contributed by atoms with van der Waals surface area (Å²) in [4.78, 5) is 18.0. The molecule has 9 nitrogen and oxygen atoms in total. The van der Waals surface area contributed by atoms with Crippen LogP contribution in [-0.2, 0) is 6.42 Å². The molecule has 1 aliphatic heterocycles. The van der Waals surface area contributed by atoms with Gasteiger partial charge in [-0.05, 0) is 51.4 Å². The highest BCUT2D eigenvalue weighted by atomic mass is 19.1. The van der Waals surface area contributed by atoms with Gasteiger partial charge < -0.3 is 20.3 Å². The van der Waals surface area contributed by atoms with Crippen molar-refractivity contribution in [3.63, 3.8) is 0 Å². The van der Waals surface area contributed by atoms with Gasteiger partial charge in [-0.1, -0.05) is 19.4 Å². The Bertz CT molecular complexity index is 1110. The summed E-state index contributed by atoms with van der Waals surface area (Å²) in [7, 11) is 4.30. The van der Waals surface area contributed by atoms with Gasteiger partial charge in [0.25, 0.3) is 0 Å². The third-order valence-electron chi connectivity index (χ3n) is 6.48. The lowest BCUT2D eigenvalue weighted by molar-refractivity contribution is 0.139. The topological polar surface area (TPSA) is 97.7 Å². The van der Waals surface area contributed by atoms with Gasteiger partial charge in [-0.25, -0.2) is 18.9 Å². The summed E-state index contributed by atoms with van der Waals surface area (Å²) in [6.07, 6.45) is 7.32. The lowest BCUT2D eigenvalue weighted by Gasteiger charge is -2.36. The van der Waals surface area contributed by atoms with Crippen molar-refractivity contribution in [3.05, 3.63) is 35.3 Å². The van der Waals surface area contributed by atoms with Crippen LogP contribution in [0.25, 0.3) is 5.65 Å². The number of fused-ring (bicyclic) bond motifs is 1. The van der Waals surface area contributed by atoms with Gasteiger partial charge in [-0.2, -0.15) is 4.98 Å². The second kappa shape index (κ2) is 10.5. The molecule has 1 saturated heterocycles. The number of aryl methyl sites for hydroxylation is 1. The lowest BCUT2D eigenvalue weighted by atomic mass is 10.0. The molecule has 1 aliphatic rings. The monoisotopic (exact) mass is 470 g/mol. The zero-order chi connectivity index (χ0) is 24.2. The van der Waals surface area contributed by atoms with Crippen molar-refractivity contribution >= 4 is 17.3 Å². The number of nitrogen functional groups attached to an aromatic ring is 1. The summed E-state index contributed by atoms with van der Waals surface area (Å²) in [6.45, 7) is 5.51. The molecule has 0 bridgehead atoms. The van der Waals surface area contributed by atoms with Gasteiger partial charge in [0.05, 0.1) is 11.9 Å². The molecule has 0 amide bonds. The van der Waals surface area contributed by atoms with E-state index in [2.05, 4.69) is 52.0 Å². The number of nitrogens with zero attached hydrogens (tertiary/aromatic N) is 7. The van der Waals surface area contributed by atoms with Gasteiger partial charge in [-0.15, -0.1) is 5.10 Å². The molecule has 4 heterocycles. The van der Waals surface area contributed by atoms with E-state index in [4.69, 9.17) is 15.5 Å². The molecular formula is C24H35FN8O. The quantitative estimate of drug-likeness (QED) is 0.510. The third kappa shape index (κ3) is 5.22. The van der Waals surface area contributed by atoms with Crippen LogP contribution in [0.4, 0.5) is 16.0 Å². The normalized spacial score (nSPS) is 15.9. The summed E-state index contributed by atoms with van der Waals surface area (Å²) in [5.74, 6) is 1.26. The molecule has 4 rings (SSSR count). The summed E-state index contributed by atoms with van der Waals surface area (Å²) in [5, 5.41) is 4.44. The van der Waals surface area contributed by atoms with E-state index in [0.717, 1.165) is 55.0 Å². The Morgan fingerprint density at radius 3 is 2.65 bits per heavy atom. The number of alkyl halides is 1. The standard InChI is InChI=1S/C24H35FN8O/c1-5-6-20(13-25)34-24-29-21(26)23-28-15-19(33(23)30-24)12-17-11-16(2)22(27-14-17)32-9-7-18(8-10-32)31(3)4/h11,14-15,18,20H,5-10,12-13H2,1-4H3,(H2,26,29,30). The minimum absolute atomic E-state index is 0.0612. The molecule has 2 N–H and O–H groups in total. The van der Waals surface area contributed by atoms with Crippen molar-refractivity contribution in [1.82, 2.24) is 29.5 Å². The van der Waals surface area contributed by atoms with E-state index in [9.17, 15) is 4.39 Å². The molecule has 184 valence electrons. The second-order valence-electron chi connectivity index (χ2n) is 9.29. The maximum atomic E-state index is 13.3. The summed E-state index contributed by atoms with van der Waals surface area (Å²) >= 11 is 0. The Labute approximate surface area is 200 Å². The largest absolute Gasteiger partial charge is 0.456 e. The minimum atomic E-state index is -0.601. The summed E-state index contributed by atoms with van der Waals surface area (Å²) in [5.41, 5.74) is 9.58. The first kappa shape index (κ1) is 24.1. The highest BCUT2D eigenvalue weighted by Gasteiger charge is 2.23. The highest BCUT2D eigenvalue weighted by molar-refractivity contribution is 5.60. The van der Waals surface area contributed by atoms with Crippen molar-refractivity contribution in [2.45, 2.75) is 58.1 Å². The number of ether oxygens (including phenoxy) is 1. The van der Waals surface area contributed by atoms with Crippen molar-refractivity contribution in [3.8, 4) is 6.01 Å². The Hall–Kier alpha value is -3.01. The first-order chi connectivity index (χ1) is 16.4. The van der Waals surface area contributed by atoms with Crippen molar-refractivity contribution < 1.29 is 9.13 Å². The molecule has 0 radical (unpaired) electrons. The van der Waals surface area contributed by atoms with Crippen LogP contribution < -0.4 is 15.4 Å². The van der Waals surface area contributed by atoms with Crippen LogP contribution in [0.15, 0.2) is 18.5 Å². The average Bonchev–Trinajstić information content (AvgIpc) is 3.22. The number of pyridine rings is 1. The molecule has 0 aliphatic carbocycles. The number of hydrogen-bond acceptors (Lipinski definition) is 8. The second-order valence-corrected chi connectivity index (χ2v) is 9.29. The number of anilines is 2. The molecule has 10 heteroatoms. The highest BCUT2D eigenvalue weighted by Crippen LogP contribution is 2.25. The number of imidazole rings is 1. The van der Waals surface area contributed by atoms with Gasteiger partial charge in [0.1, 0.15) is 18.6 Å². The van der Waals surface area contributed by atoms with E-state index in [1.165, 1.54) is 0 Å². The molecule has 3 aromatic heterocycles. The number of halogens is 1. The fourth-order valence-corrected chi connectivity index (χ4v) is 4.59. The van der Waals surface area contributed by atoms with Gasteiger partial charge in [0, 0.05) is 31.7 Å². The number of aromatic nitrogens is 5. The molecule has 1 unspecified atom stereocenters. The Balaban J connectivity index is 1.51. The maximum absolute atomic E-state index is 13.3. The van der Waals surface area contributed by atoms with Crippen LogP contribution in [0, 0.1) is 6.92 Å². The molecule has 1 atom stereocenters. The molecule has 3 aromatic rings. The third-order valence-corrected chi connectivity index (χ3v) is 6.48. The van der Waals surface area contributed by atoms with E-state index < -0.39 is 12.8 Å². The molecular weight excluding hydrogens is 435 g/mol. The smallest absolute Gasteiger partial charge is 0.336 e. The fourth-order valence-electron chi connectivity index (χ4n) is 4.59. The van der Waals surface area contributed by atoms with Crippen LogP contribution in [0.2, 0.25) is 0 Å². The predicted octanol–water partition coefficient (Wildman–Crippen LogP) is 3.05. The van der Waals surface area contributed by atoms with Crippen molar-refractivity contribution in [2.75, 3.05) is 44.5 Å². The number of rotatable bonds is 9. The van der Waals surface area contributed by atoms with E-state index in [1.807, 2.05) is 13.1 Å². The SMILES string of the molecule is CCCC(CF)Oc1nc(N)c2ncc(Cc3cnc(N4CCC(N(C)C)CC4)c(C)c3)n2n1. The molecule has 0 aromatic carbocycles. The van der Waals surface area contributed by atoms with Gasteiger partial charge in [0.2, 0.25) is 0 Å². The number of nitrogens with two attached hydrogens (primary N) is 1. The Morgan fingerprint density at radius 2 is 2.00 bits per heavy atom. The molecule has 0 saturated carbocycles. The van der Waals surface area contributed by atoms with Gasteiger partial charge in [-0.3, -0.25) is 0 Å². The molecule has 0 spiro atoms. The Morgan fingerprint density at radius 1 is 1.24 bits per heavy atom. The van der Waals surface area contributed by atoms with Crippen LogP contribution in [0.1, 0.15) is 49.4 Å². The van der Waals surface area contributed by atoms with Crippen LogP contribution in [0.5, 0.6) is 6.01 Å². The Kier molecular flexibility index (Phi) is 7.45. The minimum Gasteiger partial charge on any atom is -0.456 e. The van der Waals surface area contributed by atoms with Crippen LogP contribution in [-0.4, -0.2) is 75.5 Å². The fraction of sp³-hybridized carbons (Fsp3) is 0.583. The van der Waals surface area contributed by atoms with E-state index in [-0.39, 0.29) is 11.8 Å². The van der Waals surface area contributed by atoms with Crippen molar-refractivity contribution in [1.29, 1.82) is 0 Å². The average molecular weight is 471 g/mol. The first-order valence-corrected chi connectivity index (χ1v) is 12.0. The molecule has 1 fully saturated rings. The van der Waals surface area contributed by atoms with Crippen LogP contribution >= 0.6 is 0 Å². The summed E-state index contributed by atoms with van der Waals surface area (Å²) in [6, 6.07) is 2.87. The van der Waals surface area contributed by atoms with E-state index in [1.54, 1.807) is 10.7 Å². The lowest BCUT2D eigenvalue weighted by Crippen LogP contribution is -2.42. The summed E-state index contributed by atoms with van der Waals surface area (Å²) < 4.78 is 20.5. The van der Waals surface area contributed by atoms with E-state index >= 15 is 0 Å². The first-order valence-electron chi connectivity index (χ1n) is 12.0. The zero-order valence-electron chi connectivity index (χ0n) is 20.5. The number of piperidine rings is 1. The van der Waals surface area contributed by atoms with Crippen LogP contribution in [0.3, 0.4) is 0 Å². The van der Waals surface area contributed by atoms with E-state index in [0.29, 0.717) is 24.5 Å². The van der Waals surface area contributed by atoms with Crippen molar-refractivity contribution in [2.24, 2.45) is 0 Å². The van der Waals surface area contributed by atoms with Gasteiger partial charge in [0.15, 0.2) is 11.5 Å². The van der Waals surface area contributed by atoms with Gasteiger partial charge >= 0.3 is 6.01 Å². The maximum Gasteiger partial charge on any atom is 0.336 e. The zero-order valence-corrected chi connectivity index (χ0v) is 20.5.